The molecular weight excluding hydrogens is 336 g/mol. The number of aliphatic hydroxyl groups is 1. The van der Waals surface area contributed by atoms with Crippen LogP contribution in [-0.2, 0) is 9.53 Å². The number of rotatable bonds is 4. The first-order valence-electron chi connectivity index (χ1n) is 10.7. The van der Waals surface area contributed by atoms with Crippen molar-refractivity contribution in [1.82, 2.24) is 0 Å². The van der Waals surface area contributed by atoms with Crippen LogP contribution in [0.2, 0.25) is 0 Å². The smallest absolute Gasteiger partial charge is 0.302 e. The van der Waals surface area contributed by atoms with E-state index in [0.29, 0.717) is 29.8 Å². The molecule has 0 bridgehead atoms. The molecule has 1 N–H and O–H groups in total. The van der Waals surface area contributed by atoms with Gasteiger partial charge in [0.2, 0.25) is 0 Å². The van der Waals surface area contributed by atoms with Crippen molar-refractivity contribution in [2.75, 3.05) is 6.61 Å². The largest absolute Gasteiger partial charge is 0.462 e. The maximum atomic E-state index is 11.3. The summed E-state index contributed by atoms with van der Waals surface area (Å²) in [6.45, 7) is 10.7. The zero-order valence-corrected chi connectivity index (χ0v) is 17.3. The predicted molar refractivity (Wildman–Crippen MR) is 109 cm³/mol. The molecule has 0 amide bonds. The Morgan fingerprint density at radius 2 is 2.11 bits per heavy atom. The van der Waals surface area contributed by atoms with E-state index in [1.807, 2.05) is 0 Å². The molecule has 3 saturated carbocycles. The fraction of sp³-hybridized carbons (Fsp3) is 0.708. The van der Waals surface area contributed by atoms with Gasteiger partial charge in [0, 0.05) is 20.0 Å². The Kier molecular flexibility index (Phi) is 6.30. The third-order valence-electron chi connectivity index (χ3n) is 7.51. The van der Waals surface area contributed by atoms with E-state index >= 15 is 0 Å². The van der Waals surface area contributed by atoms with Crippen LogP contribution in [0.4, 0.5) is 0 Å². The Hall–Kier alpha value is -1.35. The highest BCUT2D eigenvalue weighted by Crippen LogP contribution is 2.59. The first-order chi connectivity index (χ1) is 12.8. The quantitative estimate of drug-likeness (QED) is 0.676. The van der Waals surface area contributed by atoms with Crippen LogP contribution < -0.4 is 0 Å². The molecule has 5 atom stereocenters. The first kappa shape index (κ1) is 20.4. The lowest BCUT2D eigenvalue weighted by atomic mass is 9.61. The van der Waals surface area contributed by atoms with E-state index in [-0.39, 0.29) is 12.1 Å². The first-order valence-corrected chi connectivity index (χ1v) is 10.7. The molecule has 0 aromatic carbocycles. The molecule has 0 aliphatic heterocycles. The Morgan fingerprint density at radius 1 is 1.33 bits per heavy atom. The molecule has 0 heterocycles. The number of hydrogen-bond acceptors (Lipinski definition) is 3. The summed E-state index contributed by atoms with van der Waals surface area (Å²) in [4.78, 5) is 11.3. The zero-order valence-electron chi connectivity index (χ0n) is 17.3. The lowest BCUT2D eigenvalue weighted by Gasteiger charge is -2.44. The van der Waals surface area contributed by atoms with E-state index in [4.69, 9.17) is 4.74 Å². The van der Waals surface area contributed by atoms with Crippen molar-refractivity contribution in [3.8, 4) is 0 Å². The topological polar surface area (TPSA) is 46.5 Å². The van der Waals surface area contributed by atoms with Gasteiger partial charge >= 0.3 is 5.97 Å². The normalized spacial score (nSPS) is 38.1. The summed E-state index contributed by atoms with van der Waals surface area (Å²) in [5, 5.41) is 9.69. The van der Waals surface area contributed by atoms with Gasteiger partial charge in [0.1, 0.15) is 6.10 Å². The fourth-order valence-electron chi connectivity index (χ4n) is 6.06. The van der Waals surface area contributed by atoms with Gasteiger partial charge in [-0.2, -0.15) is 0 Å². The molecule has 0 spiro atoms. The minimum Gasteiger partial charge on any atom is -0.462 e. The molecule has 27 heavy (non-hydrogen) atoms. The summed E-state index contributed by atoms with van der Waals surface area (Å²) in [7, 11) is 0. The second kappa shape index (κ2) is 8.34. The van der Waals surface area contributed by atoms with Crippen LogP contribution in [-0.4, -0.2) is 23.8 Å². The van der Waals surface area contributed by atoms with Gasteiger partial charge in [0.05, 0.1) is 0 Å². The molecule has 2 unspecified atom stereocenters. The highest BCUT2D eigenvalue weighted by Gasteiger charge is 2.50. The highest BCUT2D eigenvalue weighted by molar-refractivity contribution is 5.66. The molecule has 0 aromatic heterocycles. The molecule has 3 aliphatic rings. The van der Waals surface area contributed by atoms with E-state index < -0.39 is 0 Å². The standard InChI is InChI=1S/C24H36O3/c1-16-7-10-21(27-18(3)26)14-20(16)9-8-19-6-5-13-24(4)22(17(2)15-25)11-12-23(19)24/h8-9,17,21-23,25H,1,5-7,10-15H2,2-4H3/b19-8?,20-9+/t17?,21?,22-,23+,24-/m1/s1. The van der Waals surface area contributed by atoms with Crippen LogP contribution in [0.25, 0.3) is 0 Å². The summed E-state index contributed by atoms with van der Waals surface area (Å²) in [5.41, 5.74) is 4.33. The molecule has 3 nitrogen and oxygen atoms in total. The van der Waals surface area contributed by atoms with E-state index in [1.165, 1.54) is 50.2 Å². The SMILES string of the molecule is C=C1CCC(OC(C)=O)C/C1=C\C=C1CCC[C@]2(C)[C@@H](C(C)CO)CC[C@@H]12. The van der Waals surface area contributed by atoms with Crippen LogP contribution in [0.3, 0.4) is 0 Å². The van der Waals surface area contributed by atoms with Gasteiger partial charge < -0.3 is 9.84 Å². The van der Waals surface area contributed by atoms with Gasteiger partial charge in [-0.05, 0) is 73.7 Å². The number of esters is 1. The second-order valence-electron chi connectivity index (χ2n) is 9.27. The number of carbonyl (C=O) groups excluding carboxylic acids is 1. The van der Waals surface area contributed by atoms with Gasteiger partial charge in [0.25, 0.3) is 0 Å². The Balaban J connectivity index is 1.77. The summed E-state index contributed by atoms with van der Waals surface area (Å²) in [6.07, 6.45) is 13.4. The van der Waals surface area contributed by atoms with Gasteiger partial charge in [-0.15, -0.1) is 0 Å². The van der Waals surface area contributed by atoms with Crippen LogP contribution in [0.1, 0.15) is 72.1 Å². The molecule has 3 aliphatic carbocycles. The van der Waals surface area contributed by atoms with Crippen LogP contribution in [0.5, 0.6) is 0 Å². The minimum absolute atomic E-state index is 0.00413. The average Bonchev–Trinajstić information content (AvgIpc) is 2.98. The van der Waals surface area contributed by atoms with Crippen LogP contribution in [0, 0.1) is 23.2 Å². The molecule has 0 saturated heterocycles. The number of fused-ring (bicyclic) bond motifs is 1. The monoisotopic (exact) mass is 372 g/mol. The van der Waals surface area contributed by atoms with Crippen molar-refractivity contribution in [3.05, 3.63) is 35.5 Å². The predicted octanol–water partition coefficient (Wildman–Crippen LogP) is 5.36. The number of hydrogen-bond donors (Lipinski definition) is 1. The third-order valence-corrected chi connectivity index (χ3v) is 7.51. The van der Waals surface area contributed by atoms with Crippen molar-refractivity contribution >= 4 is 5.97 Å². The average molecular weight is 373 g/mol. The number of carbonyl (C=O) groups is 1. The maximum absolute atomic E-state index is 11.3. The minimum atomic E-state index is -0.191. The maximum Gasteiger partial charge on any atom is 0.302 e. The number of aliphatic hydroxyl groups excluding tert-OH is 1. The van der Waals surface area contributed by atoms with Gasteiger partial charge in [0.15, 0.2) is 0 Å². The van der Waals surface area contributed by atoms with E-state index in [2.05, 4.69) is 32.6 Å². The highest BCUT2D eigenvalue weighted by atomic mass is 16.5. The van der Waals surface area contributed by atoms with Crippen LogP contribution >= 0.6 is 0 Å². The molecular formula is C24H36O3. The number of allylic oxidation sites excluding steroid dienone is 4. The lowest BCUT2D eigenvalue weighted by Crippen LogP contribution is -2.36. The molecule has 150 valence electrons. The summed E-state index contributed by atoms with van der Waals surface area (Å²) in [5.74, 6) is 1.47. The molecule has 3 fully saturated rings. The number of ether oxygens (including phenoxy) is 1. The van der Waals surface area contributed by atoms with Crippen molar-refractivity contribution < 1.29 is 14.6 Å². The second-order valence-corrected chi connectivity index (χ2v) is 9.27. The van der Waals surface area contributed by atoms with Crippen molar-refractivity contribution in [2.45, 2.75) is 78.2 Å². The van der Waals surface area contributed by atoms with Gasteiger partial charge in [-0.25, -0.2) is 0 Å². The molecule has 0 radical (unpaired) electrons. The summed E-state index contributed by atoms with van der Waals surface area (Å²) < 4.78 is 5.43. The Morgan fingerprint density at radius 3 is 2.81 bits per heavy atom. The van der Waals surface area contributed by atoms with Crippen molar-refractivity contribution in [2.24, 2.45) is 23.2 Å². The van der Waals surface area contributed by atoms with E-state index in [9.17, 15) is 9.90 Å². The Labute approximate surface area is 164 Å². The van der Waals surface area contributed by atoms with E-state index in [1.54, 1.807) is 5.57 Å². The van der Waals surface area contributed by atoms with Crippen molar-refractivity contribution in [1.29, 1.82) is 0 Å². The molecule has 3 heteroatoms. The molecule has 3 rings (SSSR count). The van der Waals surface area contributed by atoms with E-state index in [0.717, 1.165) is 19.3 Å². The Bertz CT molecular complexity index is 644. The van der Waals surface area contributed by atoms with Crippen molar-refractivity contribution in [3.63, 3.8) is 0 Å². The zero-order chi connectivity index (χ0) is 19.6. The molecule has 0 aromatic rings. The summed E-state index contributed by atoms with van der Waals surface area (Å²) in [6, 6.07) is 0. The summed E-state index contributed by atoms with van der Waals surface area (Å²) >= 11 is 0. The lowest BCUT2D eigenvalue weighted by molar-refractivity contribution is -0.146. The van der Waals surface area contributed by atoms with Crippen LogP contribution in [0.15, 0.2) is 35.5 Å². The van der Waals surface area contributed by atoms with Gasteiger partial charge in [-0.1, -0.05) is 43.7 Å². The van der Waals surface area contributed by atoms with Gasteiger partial charge in [-0.3, -0.25) is 4.79 Å². The fourth-order valence-corrected chi connectivity index (χ4v) is 6.06. The third kappa shape index (κ3) is 4.23.